The summed E-state index contributed by atoms with van der Waals surface area (Å²) >= 11 is 0. The minimum absolute atomic E-state index is 0.0200. The fraction of sp³-hybridized carbons (Fsp3) is 0.812. The van der Waals surface area contributed by atoms with E-state index in [4.69, 9.17) is 0 Å². The molecule has 0 amide bonds. The number of rotatable bonds is 5. The minimum atomic E-state index is -0.0200. The first kappa shape index (κ1) is 16.1. The van der Waals surface area contributed by atoms with E-state index in [0.29, 0.717) is 5.92 Å². The van der Waals surface area contributed by atoms with Crippen LogP contribution in [-0.2, 0) is 0 Å². The summed E-state index contributed by atoms with van der Waals surface area (Å²) < 4.78 is 0. The zero-order valence-corrected chi connectivity index (χ0v) is 12.4. The van der Waals surface area contributed by atoms with Crippen molar-refractivity contribution in [2.75, 3.05) is 0 Å². The molecule has 1 atom stereocenters. The standard InChI is InChI=1S/C16H29N3/c1-3-16(19-18-4-2)17-14-15-12-10-8-6-5-7-9-11-13-15/h4,14-16H,2-3,5-13H2,1H3/b17-14+,19-18-. The Hall–Kier alpha value is -0.990. The minimum Gasteiger partial charge on any atom is -0.269 e. The van der Waals surface area contributed by atoms with Crippen LogP contribution in [0.4, 0.5) is 0 Å². The van der Waals surface area contributed by atoms with Crippen LogP contribution in [0.3, 0.4) is 0 Å². The van der Waals surface area contributed by atoms with Gasteiger partial charge >= 0.3 is 0 Å². The van der Waals surface area contributed by atoms with Gasteiger partial charge in [0.1, 0.15) is 0 Å². The Morgan fingerprint density at radius 2 is 1.63 bits per heavy atom. The average molecular weight is 263 g/mol. The first-order valence-electron chi connectivity index (χ1n) is 7.91. The van der Waals surface area contributed by atoms with Gasteiger partial charge in [0.2, 0.25) is 0 Å². The summed E-state index contributed by atoms with van der Waals surface area (Å²) in [7, 11) is 0. The van der Waals surface area contributed by atoms with Gasteiger partial charge in [-0.05, 0) is 25.2 Å². The van der Waals surface area contributed by atoms with E-state index in [-0.39, 0.29) is 6.17 Å². The maximum absolute atomic E-state index is 4.60. The zero-order chi connectivity index (χ0) is 13.8. The van der Waals surface area contributed by atoms with Gasteiger partial charge in [0.25, 0.3) is 0 Å². The molecule has 0 aromatic heterocycles. The third kappa shape index (κ3) is 7.91. The molecular formula is C16H29N3. The molecular weight excluding hydrogens is 234 g/mol. The molecule has 3 nitrogen and oxygen atoms in total. The molecule has 1 rings (SSSR count). The predicted molar refractivity (Wildman–Crippen MR) is 82.7 cm³/mol. The van der Waals surface area contributed by atoms with Gasteiger partial charge in [0.15, 0.2) is 6.17 Å². The molecule has 19 heavy (non-hydrogen) atoms. The third-order valence-corrected chi connectivity index (χ3v) is 3.77. The normalized spacial score (nSPS) is 21.7. The summed E-state index contributed by atoms with van der Waals surface area (Å²) in [6, 6.07) is 0. The Kier molecular flexibility index (Phi) is 9.21. The van der Waals surface area contributed by atoms with E-state index < -0.39 is 0 Å². The lowest BCUT2D eigenvalue weighted by Gasteiger charge is -2.14. The van der Waals surface area contributed by atoms with Gasteiger partial charge in [0.05, 0.1) is 0 Å². The molecule has 108 valence electrons. The van der Waals surface area contributed by atoms with Crippen molar-refractivity contribution >= 4 is 6.21 Å². The highest BCUT2D eigenvalue weighted by atomic mass is 15.2. The lowest BCUT2D eigenvalue weighted by molar-refractivity contribution is 0.462. The van der Waals surface area contributed by atoms with E-state index in [1.165, 1.54) is 64.0 Å². The van der Waals surface area contributed by atoms with E-state index in [0.717, 1.165) is 6.42 Å². The summed E-state index contributed by atoms with van der Waals surface area (Å²) in [6.45, 7) is 5.64. The van der Waals surface area contributed by atoms with Crippen LogP contribution >= 0.6 is 0 Å². The molecule has 1 aliphatic carbocycles. The van der Waals surface area contributed by atoms with Crippen molar-refractivity contribution in [3.05, 3.63) is 12.8 Å². The van der Waals surface area contributed by atoms with Crippen molar-refractivity contribution in [1.29, 1.82) is 0 Å². The summed E-state index contributed by atoms with van der Waals surface area (Å²) in [4.78, 5) is 4.60. The summed E-state index contributed by atoms with van der Waals surface area (Å²) in [5.74, 6) is 0.645. The second-order valence-corrected chi connectivity index (χ2v) is 5.41. The Morgan fingerprint density at radius 3 is 2.16 bits per heavy atom. The summed E-state index contributed by atoms with van der Waals surface area (Å²) in [5, 5.41) is 7.97. The molecule has 1 saturated carbocycles. The fourth-order valence-electron chi connectivity index (χ4n) is 2.55. The molecule has 1 aliphatic rings. The highest BCUT2D eigenvalue weighted by Gasteiger charge is 2.08. The van der Waals surface area contributed by atoms with Crippen LogP contribution in [0.25, 0.3) is 0 Å². The Morgan fingerprint density at radius 1 is 1.05 bits per heavy atom. The van der Waals surface area contributed by atoms with Crippen LogP contribution in [0.5, 0.6) is 0 Å². The summed E-state index contributed by atoms with van der Waals surface area (Å²) in [5.41, 5.74) is 0. The smallest absolute Gasteiger partial charge is 0.160 e. The number of nitrogens with zero attached hydrogens (tertiary/aromatic N) is 3. The van der Waals surface area contributed by atoms with Gasteiger partial charge in [-0.15, -0.1) is 0 Å². The van der Waals surface area contributed by atoms with Crippen molar-refractivity contribution in [2.45, 2.75) is 77.3 Å². The van der Waals surface area contributed by atoms with Gasteiger partial charge in [-0.3, -0.25) is 4.99 Å². The van der Waals surface area contributed by atoms with E-state index in [1.807, 2.05) is 0 Å². The van der Waals surface area contributed by atoms with Crippen LogP contribution in [-0.4, -0.2) is 12.4 Å². The Balaban J connectivity index is 2.44. The van der Waals surface area contributed by atoms with Gasteiger partial charge < -0.3 is 0 Å². The van der Waals surface area contributed by atoms with Crippen LogP contribution < -0.4 is 0 Å². The molecule has 0 aromatic rings. The number of azo groups is 1. The summed E-state index contributed by atoms with van der Waals surface area (Å²) in [6.07, 6.45) is 16.8. The third-order valence-electron chi connectivity index (χ3n) is 3.77. The number of hydrogen-bond donors (Lipinski definition) is 0. The Bertz CT molecular complexity index is 274. The van der Waals surface area contributed by atoms with Gasteiger partial charge in [0, 0.05) is 12.4 Å². The van der Waals surface area contributed by atoms with Gasteiger partial charge in [-0.25, -0.2) is 0 Å². The van der Waals surface area contributed by atoms with E-state index >= 15 is 0 Å². The van der Waals surface area contributed by atoms with Crippen molar-refractivity contribution in [3.8, 4) is 0 Å². The monoisotopic (exact) mass is 263 g/mol. The molecule has 0 aromatic carbocycles. The lowest BCUT2D eigenvalue weighted by Crippen LogP contribution is -2.07. The number of hydrogen-bond acceptors (Lipinski definition) is 3. The van der Waals surface area contributed by atoms with Crippen molar-refractivity contribution in [1.82, 2.24) is 0 Å². The molecule has 3 heteroatoms. The second-order valence-electron chi connectivity index (χ2n) is 5.41. The van der Waals surface area contributed by atoms with Crippen molar-refractivity contribution in [2.24, 2.45) is 21.1 Å². The van der Waals surface area contributed by atoms with Crippen LogP contribution in [0.1, 0.15) is 71.1 Å². The van der Waals surface area contributed by atoms with E-state index in [2.05, 4.69) is 34.9 Å². The van der Waals surface area contributed by atoms with Gasteiger partial charge in [-0.2, -0.15) is 10.2 Å². The molecule has 0 bridgehead atoms. The SMILES string of the molecule is C=C/N=N\C(CC)/N=C/C1CCCCCCCCC1. The fourth-order valence-corrected chi connectivity index (χ4v) is 2.55. The van der Waals surface area contributed by atoms with E-state index in [1.54, 1.807) is 0 Å². The lowest BCUT2D eigenvalue weighted by atomic mass is 9.93. The predicted octanol–water partition coefficient (Wildman–Crippen LogP) is 5.53. The van der Waals surface area contributed by atoms with Crippen LogP contribution in [0.15, 0.2) is 28.0 Å². The molecule has 0 aliphatic heterocycles. The molecule has 1 fully saturated rings. The maximum Gasteiger partial charge on any atom is 0.160 e. The molecule has 0 heterocycles. The van der Waals surface area contributed by atoms with E-state index in [9.17, 15) is 0 Å². The zero-order valence-electron chi connectivity index (χ0n) is 12.4. The average Bonchev–Trinajstić information content (AvgIpc) is 2.45. The quantitative estimate of drug-likeness (QED) is 0.462. The van der Waals surface area contributed by atoms with Crippen LogP contribution in [0.2, 0.25) is 0 Å². The largest absolute Gasteiger partial charge is 0.269 e. The molecule has 0 saturated heterocycles. The van der Waals surface area contributed by atoms with Crippen LogP contribution in [0, 0.1) is 5.92 Å². The first-order chi connectivity index (χ1) is 9.36. The topological polar surface area (TPSA) is 37.1 Å². The van der Waals surface area contributed by atoms with Gasteiger partial charge in [-0.1, -0.05) is 58.4 Å². The van der Waals surface area contributed by atoms with Crippen molar-refractivity contribution in [3.63, 3.8) is 0 Å². The molecule has 0 radical (unpaired) electrons. The highest BCUT2D eigenvalue weighted by molar-refractivity contribution is 5.60. The molecule has 0 spiro atoms. The molecule has 1 unspecified atom stereocenters. The molecule has 0 N–H and O–H groups in total. The maximum atomic E-state index is 4.60. The highest BCUT2D eigenvalue weighted by Crippen LogP contribution is 2.20. The first-order valence-corrected chi connectivity index (χ1v) is 7.91. The number of aliphatic imine (C=N–C) groups is 1. The van der Waals surface area contributed by atoms with Crippen molar-refractivity contribution < 1.29 is 0 Å². The Labute approximate surface area is 118 Å². The second kappa shape index (κ2) is 10.9.